The molecule has 3 nitrogen and oxygen atoms in total. The second-order valence-corrected chi connectivity index (χ2v) is 6.03. The van der Waals surface area contributed by atoms with Crippen molar-refractivity contribution in [2.45, 2.75) is 39.7 Å². The van der Waals surface area contributed by atoms with Gasteiger partial charge in [-0.15, -0.1) is 11.3 Å². The van der Waals surface area contributed by atoms with Crippen LogP contribution in [0.1, 0.15) is 43.3 Å². The first-order chi connectivity index (χ1) is 9.15. The van der Waals surface area contributed by atoms with Gasteiger partial charge in [0.15, 0.2) is 0 Å². The number of rotatable bonds is 6. The lowest BCUT2D eigenvalue weighted by Crippen LogP contribution is -2.20. The Morgan fingerprint density at radius 1 is 1.37 bits per heavy atom. The normalized spacial score (nSPS) is 12.8. The Bertz CT molecular complexity index is 527. The Balaban J connectivity index is 2.20. The maximum Gasteiger partial charge on any atom is 0.0680 e. The maximum absolute atomic E-state index is 4.42. The van der Waals surface area contributed by atoms with Crippen molar-refractivity contribution in [1.29, 1.82) is 0 Å². The fraction of sp³-hybridized carbons (Fsp3) is 0.533. The molecule has 0 radical (unpaired) electrons. The van der Waals surface area contributed by atoms with Gasteiger partial charge in [-0.1, -0.05) is 13.8 Å². The minimum Gasteiger partial charge on any atom is -0.309 e. The largest absolute Gasteiger partial charge is 0.309 e. The van der Waals surface area contributed by atoms with E-state index in [0.717, 1.165) is 18.7 Å². The predicted octanol–water partition coefficient (Wildman–Crippen LogP) is 3.91. The summed E-state index contributed by atoms with van der Waals surface area (Å²) in [6.45, 7) is 7.60. The molecule has 0 spiro atoms. The van der Waals surface area contributed by atoms with Crippen LogP contribution in [-0.4, -0.2) is 16.3 Å². The molecule has 2 aromatic heterocycles. The van der Waals surface area contributed by atoms with E-state index in [0.29, 0.717) is 6.04 Å². The van der Waals surface area contributed by atoms with Gasteiger partial charge in [-0.05, 0) is 38.4 Å². The summed E-state index contributed by atoms with van der Waals surface area (Å²) >= 11 is 1.88. The number of hydrogen-bond acceptors (Lipinski definition) is 3. The van der Waals surface area contributed by atoms with Crippen LogP contribution in [0.5, 0.6) is 0 Å². The Morgan fingerprint density at radius 2 is 2.16 bits per heavy atom. The monoisotopic (exact) mass is 277 g/mol. The fourth-order valence-corrected chi connectivity index (χ4v) is 3.52. The minimum absolute atomic E-state index is 0.482. The summed E-state index contributed by atoms with van der Waals surface area (Å²) in [4.78, 5) is 2.74. The first-order valence-electron chi connectivity index (χ1n) is 6.99. The first kappa shape index (κ1) is 14.3. The number of nitrogens with one attached hydrogen (secondary N) is 1. The van der Waals surface area contributed by atoms with Crippen molar-refractivity contribution >= 4 is 11.3 Å². The van der Waals surface area contributed by atoms with Crippen LogP contribution in [0.15, 0.2) is 18.3 Å². The van der Waals surface area contributed by atoms with Crippen molar-refractivity contribution in [3.05, 3.63) is 28.9 Å². The average Bonchev–Trinajstić information content (AvgIpc) is 2.97. The Morgan fingerprint density at radius 3 is 2.74 bits per heavy atom. The highest BCUT2D eigenvalue weighted by Gasteiger charge is 2.14. The van der Waals surface area contributed by atoms with E-state index in [2.05, 4.69) is 49.5 Å². The van der Waals surface area contributed by atoms with Crippen LogP contribution in [-0.2, 0) is 7.05 Å². The van der Waals surface area contributed by atoms with E-state index in [1.165, 1.54) is 21.7 Å². The van der Waals surface area contributed by atoms with E-state index in [-0.39, 0.29) is 0 Å². The number of aromatic nitrogens is 2. The molecule has 0 amide bonds. The molecule has 1 N–H and O–H groups in total. The first-order valence-corrected chi connectivity index (χ1v) is 7.81. The molecule has 2 heterocycles. The highest BCUT2D eigenvalue weighted by Crippen LogP contribution is 2.33. The van der Waals surface area contributed by atoms with Gasteiger partial charge in [0.1, 0.15) is 0 Å². The molecule has 0 bridgehead atoms. The van der Waals surface area contributed by atoms with Gasteiger partial charge in [0.25, 0.3) is 0 Å². The van der Waals surface area contributed by atoms with Gasteiger partial charge in [-0.2, -0.15) is 5.10 Å². The maximum atomic E-state index is 4.42. The molecule has 1 atom stereocenters. The third-order valence-corrected chi connectivity index (χ3v) is 4.53. The van der Waals surface area contributed by atoms with Crippen molar-refractivity contribution in [2.75, 3.05) is 6.54 Å². The molecule has 0 aromatic carbocycles. The third kappa shape index (κ3) is 3.25. The van der Waals surface area contributed by atoms with E-state index in [1.54, 1.807) is 0 Å². The molecule has 0 aliphatic heterocycles. The fourth-order valence-electron chi connectivity index (χ4n) is 2.29. The molecular formula is C15H23N3S. The molecular weight excluding hydrogens is 254 g/mol. The van der Waals surface area contributed by atoms with Crippen molar-refractivity contribution in [1.82, 2.24) is 15.1 Å². The number of aryl methyl sites for hydroxylation is 2. The Hall–Kier alpha value is -1.13. The lowest BCUT2D eigenvalue weighted by molar-refractivity contribution is 0.525. The molecule has 4 heteroatoms. The molecule has 19 heavy (non-hydrogen) atoms. The summed E-state index contributed by atoms with van der Waals surface area (Å²) in [5, 5.41) is 8.03. The summed E-state index contributed by atoms with van der Waals surface area (Å²) in [5.41, 5.74) is 2.36. The van der Waals surface area contributed by atoms with Crippen molar-refractivity contribution < 1.29 is 0 Å². The Labute approximate surface area is 119 Å². The lowest BCUT2D eigenvalue weighted by atomic mass is 10.1. The molecule has 0 fully saturated rings. The average molecular weight is 277 g/mol. The number of nitrogens with zero attached hydrogens (tertiary/aromatic N) is 2. The van der Waals surface area contributed by atoms with Gasteiger partial charge >= 0.3 is 0 Å². The Kier molecular flexibility index (Phi) is 4.77. The highest BCUT2D eigenvalue weighted by atomic mass is 32.1. The smallest absolute Gasteiger partial charge is 0.0680 e. The van der Waals surface area contributed by atoms with Crippen LogP contribution in [0.2, 0.25) is 0 Å². The zero-order chi connectivity index (χ0) is 13.8. The van der Waals surface area contributed by atoms with Gasteiger partial charge in [-0.25, -0.2) is 0 Å². The molecule has 0 aliphatic rings. The van der Waals surface area contributed by atoms with E-state index in [4.69, 9.17) is 0 Å². The second kappa shape index (κ2) is 6.35. The zero-order valence-electron chi connectivity index (χ0n) is 12.2. The van der Waals surface area contributed by atoms with E-state index in [9.17, 15) is 0 Å². The highest BCUT2D eigenvalue weighted by molar-refractivity contribution is 7.15. The van der Waals surface area contributed by atoms with Crippen LogP contribution >= 0.6 is 11.3 Å². The van der Waals surface area contributed by atoms with Gasteiger partial charge in [0.05, 0.1) is 5.69 Å². The lowest BCUT2D eigenvalue weighted by Gasteiger charge is -2.14. The van der Waals surface area contributed by atoms with Crippen LogP contribution in [0.25, 0.3) is 10.4 Å². The molecule has 2 aromatic rings. The molecule has 2 rings (SSSR count). The molecule has 0 aliphatic carbocycles. The van der Waals surface area contributed by atoms with Crippen LogP contribution in [0, 0.1) is 6.92 Å². The summed E-state index contributed by atoms with van der Waals surface area (Å²) < 4.78 is 1.89. The number of hydrogen-bond donors (Lipinski definition) is 1. The van der Waals surface area contributed by atoms with Gasteiger partial charge in [0, 0.05) is 34.6 Å². The van der Waals surface area contributed by atoms with Crippen molar-refractivity contribution in [3.8, 4) is 10.4 Å². The van der Waals surface area contributed by atoms with Gasteiger partial charge in [0.2, 0.25) is 0 Å². The summed E-state index contributed by atoms with van der Waals surface area (Å²) in [7, 11) is 1.97. The standard InChI is InChI=1S/C15H23N3S/c1-5-9-16-13(6-2)15-8-7-14(19-15)12-10-18(4)17-11(12)3/h7-8,10,13,16H,5-6,9H2,1-4H3. The van der Waals surface area contributed by atoms with Crippen molar-refractivity contribution in [3.63, 3.8) is 0 Å². The molecule has 0 saturated carbocycles. The third-order valence-electron chi connectivity index (χ3n) is 3.30. The predicted molar refractivity (Wildman–Crippen MR) is 82.6 cm³/mol. The van der Waals surface area contributed by atoms with Gasteiger partial charge < -0.3 is 5.32 Å². The van der Waals surface area contributed by atoms with E-state index < -0.39 is 0 Å². The molecule has 1 unspecified atom stereocenters. The van der Waals surface area contributed by atoms with Crippen LogP contribution < -0.4 is 5.32 Å². The van der Waals surface area contributed by atoms with E-state index >= 15 is 0 Å². The molecule has 104 valence electrons. The van der Waals surface area contributed by atoms with Gasteiger partial charge in [-0.3, -0.25) is 4.68 Å². The topological polar surface area (TPSA) is 29.9 Å². The van der Waals surface area contributed by atoms with E-state index in [1.807, 2.05) is 23.1 Å². The van der Waals surface area contributed by atoms with Crippen molar-refractivity contribution in [2.24, 2.45) is 7.05 Å². The summed E-state index contributed by atoms with van der Waals surface area (Å²) in [6.07, 6.45) is 4.41. The quantitative estimate of drug-likeness (QED) is 0.867. The zero-order valence-corrected chi connectivity index (χ0v) is 13.0. The van der Waals surface area contributed by atoms with Crippen LogP contribution in [0.4, 0.5) is 0 Å². The summed E-state index contributed by atoms with van der Waals surface area (Å²) in [5.74, 6) is 0. The van der Waals surface area contributed by atoms with Crippen LogP contribution in [0.3, 0.4) is 0 Å². The SMILES string of the molecule is CCCNC(CC)c1ccc(-c2cn(C)nc2C)s1. The second-order valence-electron chi connectivity index (χ2n) is 4.92. The minimum atomic E-state index is 0.482. The number of thiophene rings is 1. The molecule has 0 saturated heterocycles. The summed E-state index contributed by atoms with van der Waals surface area (Å²) in [6, 6.07) is 4.96.